The molecule has 0 spiro atoms. The summed E-state index contributed by atoms with van der Waals surface area (Å²) in [5, 5.41) is 10.7. The number of nitrogens with one attached hydrogen (secondary N) is 2. The zero-order chi connectivity index (χ0) is 18.9. The van der Waals surface area contributed by atoms with Gasteiger partial charge in [0.2, 0.25) is 0 Å². The summed E-state index contributed by atoms with van der Waals surface area (Å²) < 4.78 is 5.34. The Bertz CT molecular complexity index is 695. The van der Waals surface area contributed by atoms with Crippen LogP contribution in [0.1, 0.15) is 43.7 Å². The van der Waals surface area contributed by atoms with E-state index in [1.807, 2.05) is 20.2 Å². The summed E-state index contributed by atoms with van der Waals surface area (Å²) in [4.78, 5) is 6.68. The van der Waals surface area contributed by atoms with E-state index in [0.29, 0.717) is 12.5 Å². The molecule has 1 aromatic heterocycles. The Labute approximate surface area is 179 Å². The van der Waals surface area contributed by atoms with Crippen LogP contribution in [0, 0.1) is 0 Å². The van der Waals surface area contributed by atoms with E-state index in [4.69, 9.17) is 4.52 Å². The van der Waals surface area contributed by atoms with Crippen LogP contribution in [-0.4, -0.2) is 38.3 Å². The van der Waals surface area contributed by atoms with Gasteiger partial charge in [-0.15, -0.1) is 24.0 Å². The number of anilines is 1. The molecular weight excluding hydrogens is 453 g/mol. The first-order chi connectivity index (χ1) is 12.5. The van der Waals surface area contributed by atoms with E-state index in [-0.39, 0.29) is 24.0 Å². The smallest absolute Gasteiger partial charge is 0.191 e. The maximum Gasteiger partial charge on any atom is 0.191 e. The average Bonchev–Trinajstić information content (AvgIpc) is 3.09. The largest absolute Gasteiger partial charge is 0.378 e. The Hall–Kier alpha value is -1.77. The van der Waals surface area contributed by atoms with Gasteiger partial charge in [0.25, 0.3) is 0 Å². The monoisotopic (exact) mass is 485 g/mol. The van der Waals surface area contributed by atoms with Crippen LogP contribution < -0.4 is 15.5 Å². The normalized spacial score (nSPS) is 11.3. The Morgan fingerprint density at radius 3 is 2.44 bits per heavy atom. The highest BCUT2D eigenvalue weighted by atomic mass is 127. The number of halogens is 1. The lowest BCUT2D eigenvalue weighted by atomic mass is 10.1. The third kappa shape index (κ3) is 7.78. The van der Waals surface area contributed by atoms with Gasteiger partial charge in [0, 0.05) is 38.9 Å². The van der Waals surface area contributed by atoms with Gasteiger partial charge in [-0.2, -0.15) is 0 Å². The van der Waals surface area contributed by atoms with E-state index in [9.17, 15) is 0 Å². The molecule has 0 unspecified atom stereocenters. The first-order valence-corrected chi connectivity index (χ1v) is 9.23. The number of aliphatic imine (C=N–C) groups is 1. The van der Waals surface area contributed by atoms with Crippen LogP contribution in [0.15, 0.2) is 39.8 Å². The highest BCUT2D eigenvalue weighted by Gasteiger charge is 2.07. The van der Waals surface area contributed by atoms with Crippen LogP contribution in [0.2, 0.25) is 0 Å². The van der Waals surface area contributed by atoms with Crippen molar-refractivity contribution in [1.29, 1.82) is 0 Å². The predicted molar refractivity (Wildman–Crippen MR) is 123 cm³/mol. The second kappa shape index (κ2) is 11.8. The molecule has 7 heteroatoms. The maximum atomic E-state index is 5.34. The molecule has 0 amide bonds. The Kier molecular flexibility index (Phi) is 10.2. The topological polar surface area (TPSA) is 65.7 Å². The van der Waals surface area contributed by atoms with Crippen molar-refractivity contribution < 1.29 is 4.52 Å². The minimum atomic E-state index is 0. The molecule has 0 aliphatic carbocycles. The molecule has 0 saturated heterocycles. The Balaban J connectivity index is 0.00000364. The predicted octanol–water partition coefficient (Wildman–Crippen LogP) is 3.78. The standard InChI is InChI=1S/C20H31N5O.HI/c1-6-21-20(23-14-18-13-19(15(2)3)24-26-18)22-12-11-16-7-9-17(10-8-16)25(4)5;/h7-10,13,15H,6,11-12,14H2,1-5H3,(H2,21,22,23);1H. The van der Waals surface area contributed by atoms with Crippen molar-refractivity contribution in [2.75, 3.05) is 32.1 Å². The minimum absolute atomic E-state index is 0. The number of nitrogens with zero attached hydrogens (tertiary/aromatic N) is 3. The molecule has 0 radical (unpaired) electrons. The van der Waals surface area contributed by atoms with Gasteiger partial charge in [0.15, 0.2) is 11.7 Å². The molecular formula is C20H32IN5O. The number of rotatable bonds is 8. The lowest BCUT2D eigenvalue weighted by molar-refractivity contribution is 0.376. The molecule has 0 saturated carbocycles. The van der Waals surface area contributed by atoms with E-state index < -0.39 is 0 Å². The first-order valence-electron chi connectivity index (χ1n) is 9.23. The molecule has 2 N–H and O–H groups in total. The molecule has 0 atom stereocenters. The van der Waals surface area contributed by atoms with Crippen LogP contribution >= 0.6 is 24.0 Å². The number of guanidine groups is 1. The average molecular weight is 485 g/mol. The van der Waals surface area contributed by atoms with E-state index in [2.05, 4.69) is 70.7 Å². The van der Waals surface area contributed by atoms with Gasteiger partial charge in [-0.25, -0.2) is 4.99 Å². The SMILES string of the molecule is CCNC(=NCc1cc(C(C)C)no1)NCCc1ccc(N(C)C)cc1.I. The molecule has 6 nitrogen and oxygen atoms in total. The molecule has 0 aliphatic rings. The fourth-order valence-electron chi connectivity index (χ4n) is 2.46. The molecule has 1 heterocycles. The lowest BCUT2D eigenvalue weighted by Crippen LogP contribution is -2.38. The summed E-state index contributed by atoms with van der Waals surface area (Å²) in [5.74, 6) is 1.94. The molecule has 0 bridgehead atoms. The van der Waals surface area contributed by atoms with Crippen molar-refractivity contribution in [3.63, 3.8) is 0 Å². The molecule has 2 aromatic rings. The number of aromatic nitrogens is 1. The molecule has 150 valence electrons. The van der Waals surface area contributed by atoms with Gasteiger partial charge in [0.05, 0.1) is 5.69 Å². The molecule has 1 aromatic carbocycles. The third-order valence-corrected chi connectivity index (χ3v) is 4.06. The summed E-state index contributed by atoms with van der Waals surface area (Å²) in [5.41, 5.74) is 3.48. The Morgan fingerprint density at radius 1 is 1.19 bits per heavy atom. The van der Waals surface area contributed by atoms with Gasteiger partial charge < -0.3 is 20.1 Å². The summed E-state index contributed by atoms with van der Waals surface area (Å²) in [7, 11) is 4.10. The molecule has 0 aliphatic heterocycles. The summed E-state index contributed by atoms with van der Waals surface area (Å²) >= 11 is 0. The van der Waals surface area contributed by atoms with Crippen molar-refractivity contribution >= 4 is 35.6 Å². The fourth-order valence-corrected chi connectivity index (χ4v) is 2.46. The van der Waals surface area contributed by atoms with Crippen LogP contribution in [0.3, 0.4) is 0 Å². The van der Waals surface area contributed by atoms with Gasteiger partial charge in [0.1, 0.15) is 6.54 Å². The van der Waals surface area contributed by atoms with Crippen molar-refractivity contribution in [1.82, 2.24) is 15.8 Å². The lowest BCUT2D eigenvalue weighted by Gasteiger charge is -2.13. The number of hydrogen-bond acceptors (Lipinski definition) is 4. The summed E-state index contributed by atoms with van der Waals surface area (Å²) in [6, 6.07) is 10.6. The van der Waals surface area contributed by atoms with Crippen LogP contribution in [0.5, 0.6) is 0 Å². The molecule has 27 heavy (non-hydrogen) atoms. The van der Waals surface area contributed by atoms with Crippen molar-refractivity contribution in [3.05, 3.63) is 47.3 Å². The quantitative estimate of drug-likeness (QED) is 0.339. The van der Waals surface area contributed by atoms with Gasteiger partial charge in [-0.1, -0.05) is 31.1 Å². The van der Waals surface area contributed by atoms with Crippen molar-refractivity contribution in [3.8, 4) is 0 Å². The van der Waals surface area contributed by atoms with Gasteiger partial charge >= 0.3 is 0 Å². The summed E-state index contributed by atoms with van der Waals surface area (Å²) in [6.07, 6.45) is 0.942. The van der Waals surface area contributed by atoms with E-state index in [1.54, 1.807) is 0 Å². The zero-order valence-corrected chi connectivity index (χ0v) is 19.3. The highest BCUT2D eigenvalue weighted by Crippen LogP contribution is 2.14. The van der Waals surface area contributed by atoms with E-state index >= 15 is 0 Å². The van der Waals surface area contributed by atoms with Gasteiger partial charge in [-0.3, -0.25) is 0 Å². The van der Waals surface area contributed by atoms with Crippen LogP contribution in [0.25, 0.3) is 0 Å². The maximum absolute atomic E-state index is 5.34. The third-order valence-electron chi connectivity index (χ3n) is 4.06. The van der Waals surface area contributed by atoms with Gasteiger partial charge in [-0.05, 0) is 37.0 Å². The highest BCUT2D eigenvalue weighted by molar-refractivity contribution is 14.0. The molecule has 0 fully saturated rings. The second-order valence-electron chi connectivity index (χ2n) is 6.81. The fraction of sp³-hybridized carbons (Fsp3) is 0.500. The summed E-state index contributed by atoms with van der Waals surface area (Å²) in [6.45, 7) is 8.37. The Morgan fingerprint density at radius 2 is 1.89 bits per heavy atom. The van der Waals surface area contributed by atoms with Crippen molar-refractivity contribution in [2.24, 2.45) is 4.99 Å². The number of hydrogen-bond donors (Lipinski definition) is 2. The molecule has 2 rings (SSSR count). The minimum Gasteiger partial charge on any atom is -0.378 e. The van der Waals surface area contributed by atoms with E-state index in [1.165, 1.54) is 11.3 Å². The van der Waals surface area contributed by atoms with E-state index in [0.717, 1.165) is 36.9 Å². The first kappa shape index (κ1) is 23.3. The zero-order valence-electron chi connectivity index (χ0n) is 17.0. The number of benzene rings is 1. The van der Waals surface area contributed by atoms with Crippen molar-refractivity contribution in [2.45, 2.75) is 39.7 Å². The van der Waals surface area contributed by atoms with Crippen LogP contribution in [-0.2, 0) is 13.0 Å². The second-order valence-corrected chi connectivity index (χ2v) is 6.81. The van der Waals surface area contributed by atoms with Crippen LogP contribution in [0.4, 0.5) is 5.69 Å².